The zero-order valence-electron chi connectivity index (χ0n) is 9.70. The van der Waals surface area contributed by atoms with E-state index in [1.165, 1.54) is 0 Å². The van der Waals surface area contributed by atoms with Crippen LogP contribution in [-0.4, -0.2) is 17.7 Å². The van der Waals surface area contributed by atoms with E-state index >= 15 is 0 Å². The largest absolute Gasteiger partial charge is 0.508 e. The Kier molecular flexibility index (Phi) is 6.56. The zero-order valence-corrected chi connectivity index (χ0v) is 9.70. The molecule has 1 aromatic carbocycles. The van der Waals surface area contributed by atoms with Gasteiger partial charge in [0, 0.05) is 6.08 Å². The fourth-order valence-corrected chi connectivity index (χ4v) is 0.852. The summed E-state index contributed by atoms with van der Waals surface area (Å²) in [6, 6.07) is 3.66. The number of esters is 1. The van der Waals surface area contributed by atoms with Crippen molar-refractivity contribution in [2.75, 3.05) is 6.61 Å². The van der Waals surface area contributed by atoms with Gasteiger partial charge in [0.05, 0.1) is 12.2 Å². The minimum absolute atomic E-state index is 0.169. The van der Waals surface area contributed by atoms with Crippen LogP contribution in [0.3, 0.4) is 0 Å². The Hall–Kier alpha value is -1.98. The fraction of sp³-hybridized carbons (Fsp3) is 0.250. The van der Waals surface area contributed by atoms with Crippen molar-refractivity contribution in [3.8, 4) is 5.75 Å². The third-order valence-electron chi connectivity index (χ3n) is 1.65. The number of phenolic OH excluding ortho intramolecular Hbond substituents is 1. The van der Waals surface area contributed by atoms with Gasteiger partial charge >= 0.3 is 12.1 Å². The summed E-state index contributed by atoms with van der Waals surface area (Å²) in [6.45, 7) is 5.38. The topological polar surface area (TPSA) is 46.5 Å². The van der Waals surface area contributed by atoms with Crippen LogP contribution in [-0.2, 0) is 15.7 Å². The monoisotopic (exact) mass is 262 g/mol. The van der Waals surface area contributed by atoms with Crippen molar-refractivity contribution in [1.82, 2.24) is 0 Å². The lowest BCUT2D eigenvalue weighted by Crippen LogP contribution is -2.03. The molecule has 0 aromatic heterocycles. The maximum absolute atomic E-state index is 11.8. The van der Waals surface area contributed by atoms with Crippen LogP contribution in [0.5, 0.6) is 5.75 Å². The van der Waals surface area contributed by atoms with Gasteiger partial charge < -0.3 is 9.84 Å². The first-order valence-corrected chi connectivity index (χ1v) is 4.96. The summed E-state index contributed by atoms with van der Waals surface area (Å²) < 4.78 is 39.9. The third-order valence-corrected chi connectivity index (χ3v) is 1.65. The molecule has 1 N–H and O–H groups in total. The molecular formula is C12H13F3O3. The molecule has 6 heteroatoms. The second-order valence-corrected chi connectivity index (χ2v) is 3.00. The third kappa shape index (κ3) is 6.57. The van der Waals surface area contributed by atoms with Crippen LogP contribution in [0.15, 0.2) is 36.9 Å². The summed E-state index contributed by atoms with van der Waals surface area (Å²) in [5.41, 5.74) is -0.754. The first-order chi connectivity index (χ1) is 8.31. The first kappa shape index (κ1) is 16.0. The van der Waals surface area contributed by atoms with Gasteiger partial charge in [-0.3, -0.25) is 0 Å². The molecular weight excluding hydrogens is 249 g/mol. The van der Waals surface area contributed by atoms with Crippen LogP contribution in [0.1, 0.15) is 12.5 Å². The van der Waals surface area contributed by atoms with Crippen LogP contribution in [0.2, 0.25) is 0 Å². The van der Waals surface area contributed by atoms with Crippen molar-refractivity contribution in [2.24, 2.45) is 0 Å². The first-order valence-electron chi connectivity index (χ1n) is 4.96. The molecule has 18 heavy (non-hydrogen) atoms. The van der Waals surface area contributed by atoms with Gasteiger partial charge in [-0.15, -0.1) is 0 Å². The van der Waals surface area contributed by atoms with E-state index in [2.05, 4.69) is 11.3 Å². The summed E-state index contributed by atoms with van der Waals surface area (Å²) >= 11 is 0. The molecule has 0 fully saturated rings. The van der Waals surface area contributed by atoms with Gasteiger partial charge in [-0.25, -0.2) is 4.79 Å². The van der Waals surface area contributed by atoms with Crippen molar-refractivity contribution in [3.05, 3.63) is 42.5 Å². The lowest BCUT2D eigenvalue weighted by atomic mass is 10.2. The van der Waals surface area contributed by atoms with E-state index in [-0.39, 0.29) is 11.7 Å². The lowest BCUT2D eigenvalue weighted by molar-refractivity contribution is -0.138. The highest BCUT2D eigenvalue weighted by Crippen LogP contribution is 2.29. The van der Waals surface area contributed by atoms with Gasteiger partial charge in [-0.05, 0) is 31.2 Å². The second-order valence-electron chi connectivity index (χ2n) is 3.00. The van der Waals surface area contributed by atoms with Gasteiger partial charge in [0.2, 0.25) is 0 Å². The Labute approximate surface area is 103 Å². The van der Waals surface area contributed by atoms with Crippen LogP contribution >= 0.6 is 0 Å². The van der Waals surface area contributed by atoms with E-state index in [0.717, 1.165) is 30.3 Å². The molecule has 0 saturated carbocycles. The summed E-state index contributed by atoms with van der Waals surface area (Å²) in [5.74, 6) is -0.527. The predicted octanol–water partition coefficient (Wildman–Crippen LogP) is 3.15. The highest BCUT2D eigenvalue weighted by atomic mass is 19.4. The number of halogens is 3. The molecule has 0 aliphatic heterocycles. The SMILES string of the molecule is C=CC(=O)OCC.Oc1ccc(C(F)(F)F)cc1. The molecule has 0 aliphatic carbocycles. The van der Waals surface area contributed by atoms with Crippen LogP contribution in [0.4, 0.5) is 13.2 Å². The molecule has 0 heterocycles. The Morgan fingerprint density at radius 3 is 2.17 bits per heavy atom. The lowest BCUT2D eigenvalue weighted by Gasteiger charge is -2.04. The quantitative estimate of drug-likeness (QED) is 0.658. The van der Waals surface area contributed by atoms with Gasteiger partial charge in [0.25, 0.3) is 0 Å². The van der Waals surface area contributed by atoms with E-state index in [0.29, 0.717) is 6.61 Å². The zero-order chi connectivity index (χ0) is 14.2. The van der Waals surface area contributed by atoms with E-state index < -0.39 is 11.7 Å². The van der Waals surface area contributed by atoms with E-state index in [9.17, 15) is 18.0 Å². The number of aromatic hydroxyl groups is 1. The summed E-state index contributed by atoms with van der Waals surface area (Å²) in [7, 11) is 0. The van der Waals surface area contributed by atoms with Gasteiger partial charge in [0.15, 0.2) is 0 Å². The van der Waals surface area contributed by atoms with Crippen molar-refractivity contribution in [3.63, 3.8) is 0 Å². The highest BCUT2D eigenvalue weighted by Gasteiger charge is 2.29. The molecule has 0 spiro atoms. The smallest absolute Gasteiger partial charge is 0.416 e. The summed E-state index contributed by atoms with van der Waals surface area (Å²) in [4.78, 5) is 10.1. The van der Waals surface area contributed by atoms with Crippen LogP contribution < -0.4 is 0 Å². The molecule has 1 aromatic rings. The predicted molar refractivity (Wildman–Crippen MR) is 59.9 cm³/mol. The number of hydrogen-bond donors (Lipinski definition) is 1. The van der Waals surface area contributed by atoms with Crippen molar-refractivity contribution < 1.29 is 27.8 Å². The molecule has 0 saturated heterocycles. The Balaban J connectivity index is 0.000000360. The van der Waals surface area contributed by atoms with Gasteiger partial charge in [-0.2, -0.15) is 13.2 Å². The Morgan fingerprint density at radius 2 is 1.89 bits per heavy atom. The number of phenols is 1. The summed E-state index contributed by atoms with van der Waals surface area (Å²) in [6.07, 6.45) is -3.18. The second kappa shape index (κ2) is 7.37. The summed E-state index contributed by atoms with van der Waals surface area (Å²) in [5, 5.41) is 8.66. The molecule has 0 atom stereocenters. The van der Waals surface area contributed by atoms with Crippen molar-refractivity contribution in [2.45, 2.75) is 13.1 Å². The highest BCUT2D eigenvalue weighted by molar-refractivity contribution is 5.81. The number of rotatable bonds is 2. The van der Waals surface area contributed by atoms with Gasteiger partial charge in [0.1, 0.15) is 5.75 Å². The molecule has 0 aliphatic rings. The minimum Gasteiger partial charge on any atom is -0.508 e. The molecule has 0 amide bonds. The average Bonchev–Trinajstić information content (AvgIpc) is 2.29. The fourth-order valence-electron chi connectivity index (χ4n) is 0.852. The molecule has 0 bridgehead atoms. The van der Waals surface area contributed by atoms with E-state index in [1.807, 2.05) is 0 Å². The maximum atomic E-state index is 11.8. The number of benzene rings is 1. The van der Waals surface area contributed by atoms with Gasteiger partial charge in [-0.1, -0.05) is 6.58 Å². The number of carbonyl (C=O) groups is 1. The van der Waals surface area contributed by atoms with Crippen LogP contribution in [0.25, 0.3) is 0 Å². The number of hydrogen-bond acceptors (Lipinski definition) is 3. The number of alkyl halides is 3. The standard InChI is InChI=1S/C7H5F3O.C5H8O2/c8-7(9,10)5-1-3-6(11)4-2-5;1-3-5(6)7-4-2/h1-4,11H;3H,1,4H2,2H3. The minimum atomic E-state index is -4.33. The normalized spacial score (nSPS) is 10.0. The molecule has 1 rings (SSSR count). The van der Waals surface area contributed by atoms with Crippen molar-refractivity contribution in [1.29, 1.82) is 0 Å². The Morgan fingerprint density at radius 1 is 1.39 bits per heavy atom. The van der Waals surface area contributed by atoms with E-state index in [4.69, 9.17) is 5.11 Å². The average molecular weight is 262 g/mol. The maximum Gasteiger partial charge on any atom is 0.416 e. The molecule has 3 nitrogen and oxygen atoms in total. The van der Waals surface area contributed by atoms with Crippen LogP contribution in [0, 0.1) is 0 Å². The van der Waals surface area contributed by atoms with E-state index in [1.54, 1.807) is 6.92 Å². The number of ether oxygens (including phenoxy) is 1. The molecule has 100 valence electrons. The molecule has 0 radical (unpaired) electrons. The molecule has 0 unspecified atom stereocenters. The van der Waals surface area contributed by atoms with Crippen molar-refractivity contribution >= 4 is 5.97 Å². The number of carbonyl (C=O) groups excluding carboxylic acids is 1. The Bertz CT molecular complexity index is 383.